The summed E-state index contributed by atoms with van der Waals surface area (Å²) >= 11 is 0. The third-order valence-electron chi connectivity index (χ3n) is 4.20. The van der Waals surface area contributed by atoms with Crippen molar-refractivity contribution in [3.63, 3.8) is 0 Å². The Morgan fingerprint density at radius 3 is 2.78 bits per heavy atom. The van der Waals surface area contributed by atoms with Gasteiger partial charge in [0, 0.05) is 28.6 Å². The van der Waals surface area contributed by atoms with E-state index in [1.54, 1.807) is 6.07 Å². The highest BCUT2D eigenvalue weighted by Gasteiger charge is 2.28. The lowest BCUT2D eigenvalue weighted by atomic mass is 9.89. The zero-order valence-electron chi connectivity index (χ0n) is 13.2. The van der Waals surface area contributed by atoms with Crippen LogP contribution in [0.2, 0.25) is 0 Å². The lowest BCUT2D eigenvalue weighted by molar-refractivity contribution is 0.0844. The van der Waals surface area contributed by atoms with Crippen molar-refractivity contribution in [2.45, 2.75) is 26.2 Å². The number of rotatable bonds is 6. The molecule has 0 aliphatic carbocycles. The maximum atomic E-state index is 12.4. The number of carbonyl (C=O) groups excluding carboxylic acids is 2. The number of hydrogen-bond acceptors (Lipinski definition) is 4. The molecule has 0 saturated carbocycles. The van der Waals surface area contributed by atoms with Gasteiger partial charge in [0.25, 0.3) is 11.8 Å². The second-order valence-electron chi connectivity index (χ2n) is 5.79. The number of hydrogen-bond donors (Lipinski definition) is 3. The topological polar surface area (TPSA) is 84.2 Å². The number of nitrogens with two attached hydrogens (primary N) is 1. The van der Waals surface area contributed by atoms with Crippen LogP contribution in [0.25, 0.3) is 10.8 Å². The van der Waals surface area contributed by atoms with E-state index in [-0.39, 0.29) is 11.8 Å². The summed E-state index contributed by atoms with van der Waals surface area (Å²) in [5, 5.41) is 7.52. The molecule has 0 unspecified atom stereocenters. The summed E-state index contributed by atoms with van der Waals surface area (Å²) in [4.78, 5) is 24.5. The summed E-state index contributed by atoms with van der Waals surface area (Å²) in [5.74, 6) is -0.667. The molecule has 0 fully saturated rings. The Hall–Kier alpha value is -2.40. The Labute approximate surface area is 135 Å². The van der Waals surface area contributed by atoms with Crippen molar-refractivity contribution in [1.29, 1.82) is 0 Å². The van der Waals surface area contributed by atoms with Gasteiger partial charge in [0.05, 0.1) is 5.56 Å². The van der Waals surface area contributed by atoms with E-state index in [0.29, 0.717) is 24.1 Å². The van der Waals surface area contributed by atoms with E-state index in [4.69, 9.17) is 5.73 Å². The van der Waals surface area contributed by atoms with Crippen molar-refractivity contribution in [3.05, 3.63) is 41.0 Å². The van der Waals surface area contributed by atoms with E-state index < -0.39 is 0 Å². The van der Waals surface area contributed by atoms with E-state index in [1.165, 1.54) is 0 Å². The second kappa shape index (κ2) is 6.38. The average Bonchev–Trinajstić information content (AvgIpc) is 2.54. The summed E-state index contributed by atoms with van der Waals surface area (Å²) in [5.41, 5.74) is 8.69. The van der Waals surface area contributed by atoms with Crippen LogP contribution in [0.3, 0.4) is 0 Å². The van der Waals surface area contributed by atoms with E-state index in [1.807, 2.05) is 18.2 Å². The minimum atomic E-state index is -0.336. The maximum Gasteiger partial charge on any atom is 0.259 e. The first-order valence-corrected chi connectivity index (χ1v) is 8.05. The molecule has 1 aliphatic rings. The number of benzene rings is 2. The van der Waals surface area contributed by atoms with Crippen LogP contribution in [-0.4, -0.2) is 24.9 Å². The number of nitrogens with one attached hydrogen (secondary N) is 2. The van der Waals surface area contributed by atoms with Gasteiger partial charge < -0.3 is 11.1 Å². The minimum Gasteiger partial charge on any atom is -0.385 e. The predicted molar refractivity (Wildman–Crippen MR) is 91.9 cm³/mol. The van der Waals surface area contributed by atoms with Gasteiger partial charge in [-0.1, -0.05) is 25.5 Å². The van der Waals surface area contributed by atoms with Gasteiger partial charge in [-0.15, -0.1) is 0 Å². The van der Waals surface area contributed by atoms with Crippen LogP contribution in [0.15, 0.2) is 24.3 Å². The highest BCUT2D eigenvalue weighted by atomic mass is 16.2. The Balaban J connectivity index is 2.25. The van der Waals surface area contributed by atoms with Gasteiger partial charge in [-0.05, 0) is 37.1 Å². The van der Waals surface area contributed by atoms with Crippen LogP contribution in [0.1, 0.15) is 46.0 Å². The Kier molecular flexibility index (Phi) is 4.30. The molecule has 0 atom stereocenters. The maximum absolute atomic E-state index is 12.4. The molecule has 1 aliphatic heterocycles. The molecular weight excluding hydrogens is 290 g/mol. The van der Waals surface area contributed by atoms with E-state index >= 15 is 0 Å². The normalized spacial score (nSPS) is 13.3. The minimum absolute atomic E-state index is 0.331. The Morgan fingerprint density at radius 2 is 2.04 bits per heavy atom. The van der Waals surface area contributed by atoms with Gasteiger partial charge in [-0.3, -0.25) is 14.9 Å². The van der Waals surface area contributed by atoms with Crippen molar-refractivity contribution in [3.8, 4) is 0 Å². The van der Waals surface area contributed by atoms with Crippen molar-refractivity contribution in [1.82, 2.24) is 5.32 Å². The number of anilines is 1. The zero-order valence-corrected chi connectivity index (χ0v) is 13.2. The summed E-state index contributed by atoms with van der Waals surface area (Å²) in [7, 11) is 0. The van der Waals surface area contributed by atoms with E-state index in [9.17, 15) is 9.59 Å². The molecule has 23 heavy (non-hydrogen) atoms. The van der Waals surface area contributed by atoms with Crippen LogP contribution in [-0.2, 0) is 6.42 Å². The first-order valence-electron chi connectivity index (χ1n) is 8.05. The van der Waals surface area contributed by atoms with Crippen LogP contribution >= 0.6 is 0 Å². The van der Waals surface area contributed by atoms with Crippen LogP contribution < -0.4 is 16.4 Å². The fraction of sp³-hybridized carbons (Fsp3) is 0.333. The van der Waals surface area contributed by atoms with Crippen molar-refractivity contribution < 1.29 is 9.59 Å². The smallest absolute Gasteiger partial charge is 0.259 e. The molecule has 120 valence electrons. The van der Waals surface area contributed by atoms with Crippen molar-refractivity contribution in [2.24, 2.45) is 5.73 Å². The van der Waals surface area contributed by atoms with Crippen LogP contribution in [0.5, 0.6) is 0 Å². The molecule has 5 heteroatoms. The third-order valence-corrected chi connectivity index (χ3v) is 4.20. The number of unbranched alkanes of at least 4 members (excludes halogenated alkanes) is 1. The van der Waals surface area contributed by atoms with Gasteiger partial charge in [-0.25, -0.2) is 0 Å². The quantitative estimate of drug-likeness (QED) is 0.565. The monoisotopic (exact) mass is 311 g/mol. The lowest BCUT2D eigenvalue weighted by Gasteiger charge is -2.22. The number of carbonyl (C=O) groups is 2. The first-order chi connectivity index (χ1) is 11.2. The Bertz CT molecular complexity index is 783. The fourth-order valence-corrected chi connectivity index (χ4v) is 3.11. The summed E-state index contributed by atoms with van der Waals surface area (Å²) in [6.07, 6.45) is 2.77. The Morgan fingerprint density at radius 1 is 1.22 bits per heavy atom. The van der Waals surface area contributed by atoms with E-state index in [2.05, 4.69) is 17.6 Å². The summed E-state index contributed by atoms with van der Waals surface area (Å²) in [6.45, 7) is 3.45. The molecule has 4 N–H and O–H groups in total. The highest BCUT2D eigenvalue weighted by molar-refractivity contribution is 6.27. The predicted octanol–water partition coefficient (Wildman–Crippen LogP) is 2.44. The molecule has 0 saturated heterocycles. The zero-order chi connectivity index (χ0) is 16.4. The van der Waals surface area contributed by atoms with Gasteiger partial charge in [0.1, 0.15) is 0 Å². The fourth-order valence-electron chi connectivity index (χ4n) is 3.11. The van der Waals surface area contributed by atoms with Crippen molar-refractivity contribution >= 4 is 28.3 Å². The largest absolute Gasteiger partial charge is 0.385 e. The van der Waals surface area contributed by atoms with Gasteiger partial charge in [-0.2, -0.15) is 0 Å². The van der Waals surface area contributed by atoms with Gasteiger partial charge in [0.2, 0.25) is 0 Å². The molecule has 0 aromatic heterocycles. The summed E-state index contributed by atoms with van der Waals surface area (Å²) in [6, 6.07) is 7.56. The molecule has 0 spiro atoms. The standard InChI is InChI=1S/C18H21N3O2/c1-2-3-9-20-14-10-11(7-8-19)15-16-12(14)5-4-6-13(16)17(22)21-18(15)23/h4-6,10,20H,2-3,7-9,19H2,1H3,(H,21,22,23). The van der Waals surface area contributed by atoms with E-state index in [0.717, 1.165) is 41.4 Å². The molecule has 2 aromatic carbocycles. The second-order valence-corrected chi connectivity index (χ2v) is 5.79. The third kappa shape index (κ3) is 2.68. The van der Waals surface area contributed by atoms with Crippen LogP contribution in [0, 0.1) is 0 Å². The van der Waals surface area contributed by atoms with Gasteiger partial charge in [0.15, 0.2) is 0 Å². The van der Waals surface area contributed by atoms with Crippen molar-refractivity contribution in [2.75, 3.05) is 18.4 Å². The first kappa shape index (κ1) is 15.5. The summed E-state index contributed by atoms with van der Waals surface area (Å²) < 4.78 is 0. The SMILES string of the molecule is CCCCNc1cc(CCN)c2c3c(cccc13)C(=O)NC2=O. The molecule has 2 aromatic rings. The molecule has 5 nitrogen and oxygen atoms in total. The molecule has 0 radical (unpaired) electrons. The van der Waals surface area contributed by atoms with Crippen LogP contribution in [0.4, 0.5) is 5.69 Å². The molecular formula is C18H21N3O2. The number of imide groups is 1. The molecule has 0 bridgehead atoms. The molecule has 2 amide bonds. The molecule has 1 heterocycles. The molecule has 3 rings (SSSR count). The average molecular weight is 311 g/mol. The number of amides is 2. The highest BCUT2D eigenvalue weighted by Crippen LogP contribution is 2.34. The van der Waals surface area contributed by atoms with Gasteiger partial charge >= 0.3 is 0 Å². The lowest BCUT2D eigenvalue weighted by Crippen LogP contribution is -2.35.